The lowest BCUT2D eigenvalue weighted by Gasteiger charge is -2.27. The molecule has 0 unspecified atom stereocenters. The van der Waals surface area contributed by atoms with Gasteiger partial charge in [0, 0.05) is 0 Å². The van der Waals surface area contributed by atoms with Crippen LogP contribution in [0.25, 0.3) is 21.4 Å². The average Bonchev–Trinajstić information content (AvgIpc) is 3.24. The van der Waals surface area contributed by atoms with Crippen LogP contribution in [0.4, 0.5) is 11.1 Å². The van der Waals surface area contributed by atoms with Gasteiger partial charge in [-0.3, -0.25) is 4.98 Å². The lowest BCUT2D eigenvalue weighted by Crippen LogP contribution is -2.36. The summed E-state index contributed by atoms with van der Waals surface area (Å²) >= 11 is 1.63. The van der Waals surface area contributed by atoms with Gasteiger partial charge in [0.15, 0.2) is 10.6 Å². The lowest BCUT2D eigenvalue weighted by molar-refractivity contribution is -0.649. The van der Waals surface area contributed by atoms with Crippen LogP contribution >= 0.6 is 11.3 Å². The Morgan fingerprint density at radius 3 is 3.07 bits per heavy atom. The maximum absolute atomic E-state index is 10.2. The Labute approximate surface area is 166 Å². The summed E-state index contributed by atoms with van der Waals surface area (Å²) in [6, 6.07) is 10.2. The number of nitrogens with zero attached hydrogens (tertiary/aromatic N) is 3. The van der Waals surface area contributed by atoms with Crippen molar-refractivity contribution in [3.8, 4) is 0 Å². The molecule has 0 bridgehead atoms. The number of nitrogens with two attached hydrogens (primary N) is 1. The molecular formula is C20H23N6OS+. The minimum atomic E-state index is -0.287. The van der Waals surface area contributed by atoms with Gasteiger partial charge in [0.05, 0.1) is 35.1 Å². The van der Waals surface area contributed by atoms with E-state index >= 15 is 0 Å². The molecule has 0 radical (unpaired) electrons. The molecule has 0 saturated heterocycles. The van der Waals surface area contributed by atoms with Gasteiger partial charge in [0.1, 0.15) is 0 Å². The van der Waals surface area contributed by atoms with Gasteiger partial charge in [-0.2, -0.15) is 0 Å². The van der Waals surface area contributed by atoms with Gasteiger partial charge in [-0.1, -0.05) is 30.2 Å². The molecule has 1 saturated carbocycles. The van der Waals surface area contributed by atoms with Crippen molar-refractivity contribution in [2.75, 3.05) is 11.1 Å². The van der Waals surface area contributed by atoms with Crippen molar-refractivity contribution < 1.29 is 9.67 Å². The molecule has 0 spiro atoms. The van der Waals surface area contributed by atoms with Gasteiger partial charge >= 0.3 is 5.95 Å². The van der Waals surface area contributed by atoms with Crippen molar-refractivity contribution in [3.63, 3.8) is 0 Å². The third-order valence-corrected chi connectivity index (χ3v) is 6.38. The van der Waals surface area contributed by atoms with E-state index in [-0.39, 0.29) is 12.1 Å². The van der Waals surface area contributed by atoms with Crippen LogP contribution in [0.2, 0.25) is 0 Å². The molecule has 2 atom stereocenters. The first kappa shape index (κ1) is 17.4. The molecule has 7 nitrogen and oxygen atoms in total. The van der Waals surface area contributed by atoms with Crippen LogP contribution in [0, 0.1) is 0 Å². The summed E-state index contributed by atoms with van der Waals surface area (Å²) in [6.07, 6.45) is 5.60. The number of benzene rings is 1. The van der Waals surface area contributed by atoms with Crippen molar-refractivity contribution in [3.05, 3.63) is 42.1 Å². The standard InChI is InChI=1S/C20H22N6OS/c21-19-23-15-5-3-9-22-18(15)26(19)11-12-7-8-14-17(10-12)28-20(25-14)24-13-4-1-2-6-16(13)27/h3,5,7-10,13,16,27H,1-2,4,6,11H2,(H3,21,23,24,25)/p+1/t13-,16-/m1/s1. The highest BCUT2D eigenvalue weighted by molar-refractivity contribution is 7.22. The second kappa shape index (κ2) is 7.03. The van der Waals surface area contributed by atoms with Crippen LogP contribution in [0.15, 0.2) is 36.5 Å². The van der Waals surface area contributed by atoms with E-state index in [1.807, 2.05) is 22.8 Å². The van der Waals surface area contributed by atoms with Crippen LogP contribution in [0.3, 0.4) is 0 Å². The molecule has 1 fully saturated rings. The molecule has 28 heavy (non-hydrogen) atoms. The number of nitrogens with one attached hydrogen (secondary N) is 2. The molecule has 144 valence electrons. The highest BCUT2D eigenvalue weighted by Gasteiger charge is 2.23. The zero-order chi connectivity index (χ0) is 19.1. The number of aromatic nitrogens is 4. The number of thiazole rings is 1. The summed E-state index contributed by atoms with van der Waals surface area (Å²) in [7, 11) is 0. The number of anilines is 2. The van der Waals surface area contributed by atoms with Gasteiger partial charge in [-0.15, -0.1) is 4.98 Å². The number of aliphatic hydroxyl groups excluding tert-OH is 1. The SMILES string of the molecule is Nc1[nH]c2cccnc2[n+]1Cc1ccc2nc(N[C@@H]3CCCC[C@H]3O)sc2c1. The zero-order valence-electron chi connectivity index (χ0n) is 15.4. The molecule has 5 N–H and O–H groups in total. The maximum Gasteiger partial charge on any atom is 0.312 e. The number of imidazole rings is 1. The number of pyridine rings is 1. The topological polar surface area (TPSA) is 104 Å². The molecule has 1 aliphatic rings. The molecular weight excluding hydrogens is 372 g/mol. The Balaban J connectivity index is 1.41. The fourth-order valence-electron chi connectivity index (χ4n) is 3.94. The van der Waals surface area contributed by atoms with Gasteiger partial charge in [0.2, 0.25) is 0 Å². The van der Waals surface area contributed by atoms with Crippen LogP contribution in [-0.2, 0) is 6.54 Å². The summed E-state index contributed by atoms with van der Waals surface area (Å²) in [5.41, 5.74) is 10.0. The van der Waals surface area contributed by atoms with Gasteiger partial charge in [-0.05, 0) is 42.7 Å². The number of H-pyrrole nitrogens is 1. The number of hydrogen-bond donors (Lipinski definition) is 4. The molecule has 5 rings (SSSR count). The van der Waals surface area contributed by atoms with E-state index in [1.54, 1.807) is 17.5 Å². The Morgan fingerprint density at radius 2 is 2.18 bits per heavy atom. The third-order valence-electron chi connectivity index (χ3n) is 5.43. The minimum absolute atomic E-state index is 0.0985. The number of aromatic amines is 1. The van der Waals surface area contributed by atoms with E-state index in [4.69, 9.17) is 10.7 Å². The number of hydrogen-bond acceptors (Lipinski definition) is 6. The summed E-state index contributed by atoms with van der Waals surface area (Å²) < 4.78 is 3.10. The zero-order valence-corrected chi connectivity index (χ0v) is 16.2. The van der Waals surface area contributed by atoms with E-state index < -0.39 is 0 Å². The van der Waals surface area contributed by atoms with Crippen molar-refractivity contribution in [1.82, 2.24) is 15.0 Å². The summed E-state index contributed by atoms with van der Waals surface area (Å²) in [5, 5.41) is 14.5. The molecule has 4 aromatic rings. The highest BCUT2D eigenvalue weighted by atomic mass is 32.1. The smallest absolute Gasteiger partial charge is 0.312 e. The number of rotatable bonds is 4. The fraction of sp³-hybridized carbons (Fsp3) is 0.350. The first-order chi connectivity index (χ1) is 13.7. The summed E-state index contributed by atoms with van der Waals surface area (Å²) in [6.45, 7) is 0.640. The Morgan fingerprint density at radius 1 is 1.29 bits per heavy atom. The van der Waals surface area contributed by atoms with E-state index in [2.05, 4.69) is 27.4 Å². The molecule has 8 heteroatoms. The predicted octanol–water partition coefficient (Wildman–Crippen LogP) is 2.81. The maximum atomic E-state index is 10.2. The molecule has 0 aliphatic heterocycles. The highest BCUT2D eigenvalue weighted by Crippen LogP contribution is 2.30. The van der Waals surface area contributed by atoms with Crippen LogP contribution in [0.1, 0.15) is 31.2 Å². The molecule has 0 amide bonds. The predicted molar refractivity (Wildman–Crippen MR) is 111 cm³/mol. The molecule has 3 heterocycles. The van der Waals surface area contributed by atoms with Crippen molar-refractivity contribution >= 4 is 43.8 Å². The molecule has 1 aliphatic carbocycles. The molecule has 1 aromatic carbocycles. The number of aliphatic hydroxyl groups is 1. The molecule has 3 aromatic heterocycles. The van der Waals surface area contributed by atoms with E-state index in [0.717, 1.165) is 57.8 Å². The van der Waals surface area contributed by atoms with Gasteiger partial charge < -0.3 is 16.2 Å². The second-order valence-electron chi connectivity index (χ2n) is 7.39. The van der Waals surface area contributed by atoms with Crippen molar-refractivity contribution in [2.45, 2.75) is 44.4 Å². The first-order valence-corrected chi connectivity index (χ1v) is 10.4. The van der Waals surface area contributed by atoms with Crippen LogP contribution < -0.4 is 15.6 Å². The van der Waals surface area contributed by atoms with Crippen LogP contribution in [0.5, 0.6) is 0 Å². The number of fused-ring (bicyclic) bond motifs is 2. The van der Waals surface area contributed by atoms with Crippen molar-refractivity contribution in [1.29, 1.82) is 0 Å². The van der Waals surface area contributed by atoms with Crippen LogP contribution in [-0.4, -0.2) is 32.2 Å². The Hall–Kier alpha value is -2.71. The summed E-state index contributed by atoms with van der Waals surface area (Å²) in [4.78, 5) is 12.3. The average molecular weight is 396 g/mol. The largest absolute Gasteiger partial charge is 0.391 e. The normalized spacial score (nSPS) is 20.0. The fourth-order valence-corrected chi connectivity index (χ4v) is 4.93. The minimum Gasteiger partial charge on any atom is -0.391 e. The van der Waals surface area contributed by atoms with Gasteiger partial charge in [-0.25, -0.2) is 9.55 Å². The quantitative estimate of drug-likeness (QED) is 0.398. The Kier molecular flexibility index (Phi) is 4.37. The van der Waals surface area contributed by atoms with Crippen molar-refractivity contribution in [2.24, 2.45) is 0 Å². The third kappa shape index (κ3) is 3.18. The van der Waals surface area contributed by atoms with Gasteiger partial charge in [0.25, 0.3) is 5.65 Å². The van der Waals surface area contributed by atoms with E-state index in [9.17, 15) is 5.11 Å². The summed E-state index contributed by atoms with van der Waals surface area (Å²) in [5.74, 6) is 0.590. The second-order valence-corrected chi connectivity index (χ2v) is 8.43. The van der Waals surface area contributed by atoms with E-state index in [1.165, 1.54) is 0 Å². The lowest BCUT2D eigenvalue weighted by atomic mass is 9.93. The van der Waals surface area contributed by atoms with E-state index in [0.29, 0.717) is 12.5 Å². The first-order valence-electron chi connectivity index (χ1n) is 9.63. The number of nitrogen functional groups attached to an aromatic ring is 1. The Bertz CT molecular complexity index is 1140. The monoisotopic (exact) mass is 395 g/mol.